The van der Waals surface area contributed by atoms with Crippen LogP contribution < -0.4 is 9.47 Å². The van der Waals surface area contributed by atoms with Crippen molar-refractivity contribution in [2.45, 2.75) is 52.2 Å². The van der Waals surface area contributed by atoms with E-state index in [0.717, 1.165) is 30.1 Å². The third kappa shape index (κ3) is 3.45. The molecule has 0 saturated heterocycles. The van der Waals surface area contributed by atoms with Crippen molar-refractivity contribution in [3.8, 4) is 11.5 Å². The molecule has 0 amide bonds. The monoisotopic (exact) mass is 278 g/mol. The fourth-order valence-electron chi connectivity index (χ4n) is 2.83. The van der Waals surface area contributed by atoms with Crippen molar-refractivity contribution in [1.82, 2.24) is 0 Å². The van der Waals surface area contributed by atoms with Gasteiger partial charge in [-0.1, -0.05) is 19.9 Å². The first kappa shape index (κ1) is 15.2. The lowest BCUT2D eigenvalue weighted by molar-refractivity contribution is 0.0975. The predicted octanol–water partition coefficient (Wildman–Crippen LogP) is 3.95. The highest BCUT2D eigenvalue weighted by Gasteiger charge is 2.26. The number of hydrogen-bond acceptors (Lipinski definition) is 3. The normalized spacial score (nSPS) is 27.9. The Bertz CT molecular complexity index is 442. The van der Waals surface area contributed by atoms with E-state index in [-0.39, 0.29) is 6.10 Å². The van der Waals surface area contributed by atoms with E-state index in [2.05, 4.69) is 13.8 Å². The van der Waals surface area contributed by atoms with Gasteiger partial charge in [0.25, 0.3) is 0 Å². The van der Waals surface area contributed by atoms with Crippen molar-refractivity contribution in [2.24, 2.45) is 11.8 Å². The summed E-state index contributed by atoms with van der Waals surface area (Å²) in [5, 5.41) is 9.62. The highest BCUT2D eigenvalue weighted by atomic mass is 16.5. The molecule has 1 aromatic rings. The van der Waals surface area contributed by atoms with Gasteiger partial charge in [0.1, 0.15) is 0 Å². The zero-order chi connectivity index (χ0) is 14.7. The predicted molar refractivity (Wildman–Crippen MR) is 80.2 cm³/mol. The van der Waals surface area contributed by atoms with Crippen molar-refractivity contribution in [3.05, 3.63) is 23.8 Å². The lowest BCUT2D eigenvalue weighted by atomic mass is 9.80. The lowest BCUT2D eigenvalue weighted by Gasteiger charge is -2.32. The van der Waals surface area contributed by atoms with Crippen molar-refractivity contribution in [3.63, 3.8) is 0 Å². The Morgan fingerprint density at radius 3 is 2.50 bits per heavy atom. The van der Waals surface area contributed by atoms with E-state index in [9.17, 15) is 5.11 Å². The van der Waals surface area contributed by atoms with Crippen molar-refractivity contribution >= 4 is 0 Å². The minimum Gasteiger partial charge on any atom is -0.493 e. The van der Waals surface area contributed by atoms with Gasteiger partial charge in [0, 0.05) is 0 Å². The molecule has 1 aliphatic rings. The Labute approximate surface area is 121 Å². The molecular weight excluding hydrogens is 252 g/mol. The SMILES string of the molecule is COc1cc(C(C)O)ccc1OC1CCC(C)C(C)C1. The summed E-state index contributed by atoms with van der Waals surface area (Å²) < 4.78 is 11.5. The molecule has 20 heavy (non-hydrogen) atoms. The van der Waals surface area contributed by atoms with Crippen LogP contribution in [0.2, 0.25) is 0 Å². The fourth-order valence-corrected chi connectivity index (χ4v) is 2.83. The van der Waals surface area contributed by atoms with Crippen LogP contribution in [0.4, 0.5) is 0 Å². The van der Waals surface area contributed by atoms with Crippen LogP contribution in [0, 0.1) is 11.8 Å². The summed E-state index contributed by atoms with van der Waals surface area (Å²) in [5.41, 5.74) is 0.847. The van der Waals surface area contributed by atoms with Gasteiger partial charge in [-0.15, -0.1) is 0 Å². The molecule has 1 saturated carbocycles. The summed E-state index contributed by atoms with van der Waals surface area (Å²) in [6.45, 7) is 6.37. The van der Waals surface area contributed by atoms with Crippen LogP contribution in [-0.4, -0.2) is 18.3 Å². The number of methoxy groups -OCH3 is 1. The van der Waals surface area contributed by atoms with E-state index >= 15 is 0 Å². The first-order chi connectivity index (χ1) is 9.51. The zero-order valence-electron chi connectivity index (χ0n) is 12.9. The van der Waals surface area contributed by atoms with Gasteiger partial charge in [-0.25, -0.2) is 0 Å². The number of aliphatic hydroxyl groups is 1. The summed E-state index contributed by atoms with van der Waals surface area (Å²) in [7, 11) is 1.64. The minimum atomic E-state index is -0.492. The number of benzene rings is 1. The zero-order valence-corrected chi connectivity index (χ0v) is 12.9. The van der Waals surface area contributed by atoms with Gasteiger partial charge >= 0.3 is 0 Å². The maximum Gasteiger partial charge on any atom is 0.161 e. The summed E-state index contributed by atoms with van der Waals surface area (Å²) in [5.74, 6) is 2.98. The van der Waals surface area contributed by atoms with Gasteiger partial charge in [-0.05, 0) is 55.7 Å². The van der Waals surface area contributed by atoms with Crippen molar-refractivity contribution in [2.75, 3.05) is 7.11 Å². The molecule has 1 aliphatic carbocycles. The van der Waals surface area contributed by atoms with Gasteiger partial charge in [0.05, 0.1) is 19.3 Å². The summed E-state index contributed by atoms with van der Waals surface area (Å²) in [6.07, 6.45) is 3.20. The highest BCUT2D eigenvalue weighted by Crippen LogP contribution is 2.36. The first-order valence-electron chi connectivity index (χ1n) is 7.54. The topological polar surface area (TPSA) is 38.7 Å². The largest absolute Gasteiger partial charge is 0.493 e. The van der Waals surface area contributed by atoms with Crippen molar-refractivity contribution in [1.29, 1.82) is 0 Å². The Hall–Kier alpha value is -1.22. The Kier molecular flexibility index (Phi) is 4.92. The summed E-state index contributed by atoms with van der Waals surface area (Å²) >= 11 is 0. The maximum absolute atomic E-state index is 9.62. The minimum absolute atomic E-state index is 0.271. The van der Waals surface area contributed by atoms with Gasteiger partial charge in [-0.2, -0.15) is 0 Å². The van der Waals surface area contributed by atoms with Crippen LogP contribution in [0.5, 0.6) is 11.5 Å². The number of rotatable bonds is 4. The molecule has 4 unspecified atom stereocenters. The molecule has 0 bridgehead atoms. The smallest absolute Gasteiger partial charge is 0.161 e. The molecule has 0 radical (unpaired) electrons. The van der Waals surface area contributed by atoms with Crippen LogP contribution in [0.3, 0.4) is 0 Å². The van der Waals surface area contributed by atoms with Gasteiger partial charge in [0.2, 0.25) is 0 Å². The average Bonchev–Trinajstić information content (AvgIpc) is 2.43. The third-order valence-corrected chi connectivity index (χ3v) is 4.51. The standard InChI is InChI=1S/C17H26O3/c1-11-5-7-15(9-12(11)2)20-16-8-6-14(13(3)18)10-17(16)19-4/h6,8,10-13,15,18H,5,7,9H2,1-4H3. The highest BCUT2D eigenvalue weighted by molar-refractivity contribution is 5.43. The van der Waals surface area contributed by atoms with Crippen LogP contribution in [0.1, 0.15) is 51.7 Å². The molecule has 1 fully saturated rings. The van der Waals surface area contributed by atoms with E-state index in [4.69, 9.17) is 9.47 Å². The first-order valence-corrected chi connectivity index (χ1v) is 7.54. The van der Waals surface area contributed by atoms with Crippen molar-refractivity contribution < 1.29 is 14.6 Å². The molecule has 3 heteroatoms. The summed E-state index contributed by atoms with van der Waals surface area (Å²) in [6, 6.07) is 5.66. The fraction of sp³-hybridized carbons (Fsp3) is 0.647. The molecule has 112 valence electrons. The molecule has 0 heterocycles. The second-order valence-electron chi connectivity index (χ2n) is 6.09. The van der Waals surface area contributed by atoms with Gasteiger partial charge in [-0.3, -0.25) is 0 Å². The molecular formula is C17H26O3. The maximum atomic E-state index is 9.62. The van der Waals surface area contributed by atoms with Gasteiger partial charge in [0.15, 0.2) is 11.5 Å². The number of ether oxygens (including phenoxy) is 2. The van der Waals surface area contributed by atoms with Crippen LogP contribution in [0.15, 0.2) is 18.2 Å². The second kappa shape index (κ2) is 6.49. The van der Waals surface area contributed by atoms with E-state index in [1.54, 1.807) is 14.0 Å². The average molecular weight is 278 g/mol. The molecule has 2 rings (SSSR count). The molecule has 0 aliphatic heterocycles. The Balaban J connectivity index is 2.09. The lowest BCUT2D eigenvalue weighted by Crippen LogP contribution is -2.28. The van der Waals surface area contributed by atoms with E-state index in [1.165, 1.54) is 6.42 Å². The number of aliphatic hydroxyl groups excluding tert-OH is 1. The molecule has 0 aromatic heterocycles. The third-order valence-electron chi connectivity index (χ3n) is 4.51. The van der Waals surface area contributed by atoms with Gasteiger partial charge < -0.3 is 14.6 Å². The second-order valence-corrected chi connectivity index (χ2v) is 6.09. The number of hydrogen-bond donors (Lipinski definition) is 1. The van der Waals surface area contributed by atoms with E-state index < -0.39 is 6.10 Å². The molecule has 0 spiro atoms. The molecule has 1 aromatic carbocycles. The molecule has 4 atom stereocenters. The van der Waals surface area contributed by atoms with Crippen LogP contribution in [-0.2, 0) is 0 Å². The van der Waals surface area contributed by atoms with E-state index in [1.807, 2.05) is 18.2 Å². The van der Waals surface area contributed by atoms with Crippen LogP contribution in [0.25, 0.3) is 0 Å². The molecule has 1 N–H and O–H groups in total. The summed E-state index contributed by atoms with van der Waals surface area (Å²) in [4.78, 5) is 0. The van der Waals surface area contributed by atoms with Crippen LogP contribution >= 0.6 is 0 Å². The molecule has 3 nitrogen and oxygen atoms in total. The van der Waals surface area contributed by atoms with E-state index in [0.29, 0.717) is 11.7 Å². The quantitative estimate of drug-likeness (QED) is 0.906. The Morgan fingerprint density at radius 1 is 1.15 bits per heavy atom. The Morgan fingerprint density at radius 2 is 1.90 bits per heavy atom.